The van der Waals surface area contributed by atoms with E-state index in [-0.39, 0.29) is 17.1 Å². The number of carbonyl (C=O) groups is 1. The number of Topliss-reactive ketones (excluding diaryl/α,β-unsaturated/α-hetero) is 1. The minimum atomic E-state index is -4.49. The second-order valence-electron chi connectivity index (χ2n) is 4.05. The SMILES string of the molecule is Cc1ccccc1CC(=O)c1cnc(C(F)(F)F)s1. The van der Waals surface area contributed by atoms with Crippen molar-refractivity contribution in [1.82, 2.24) is 4.98 Å². The molecule has 19 heavy (non-hydrogen) atoms. The predicted octanol–water partition coefficient (Wildman–Crippen LogP) is 3.90. The smallest absolute Gasteiger partial charge is 0.293 e. The third-order valence-electron chi connectivity index (χ3n) is 2.64. The van der Waals surface area contributed by atoms with Crippen LogP contribution in [0.25, 0.3) is 0 Å². The van der Waals surface area contributed by atoms with Crippen LogP contribution < -0.4 is 0 Å². The average Bonchev–Trinajstić information content (AvgIpc) is 2.81. The molecule has 0 saturated carbocycles. The number of halogens is 3. The molecule has 0 unspecified atom stereocenters. The van der Waals surface area contributed by atoms with Crippen LogP contribution in [0, 0.1) is 6.92 Å². The fourth-order valence-electron chi connectivity index (χ4n) is 1.60. The topological polar surface area (TPSA) is 30.0 Å². The summed E-state index contributed by atoms with van der Waals surface area (Å²) >= 11 is 0.387. The van der Waals surface area contributed by atoms with Crippen molar-refractivity contribution >= 4 is 17.1 Å². The molecule has 0 radical (unpaired) electrons. The van der Waals surface area contributed by atoms with Crippen LogP contribution in [0.4, 0.5) is 13.2 Å². The molecule has 1 aromatic heterocycles. The van der Waals surface area contributed by atoms with Crippen molar-refractivity contribution in [3.8, 4) is 0 Å². The van der Waals surface area contributed by atoms with Gasteiger partial charge in [0, 0.05) is 12.6 Å². The van der Waals surface area contributed by atoms with Gasteiger partial charge >= 0.3 is 6.18 Å². The summed E-state index contributed by atoms with van der Waals surface area (Å²) in [5.41, 5.74) is 1.76. The molecule has 6 heteroatoms. The maximum absolute atomic E-state index is 12.4. The molecule has 1 heterocycles. The Morgan fingerprint density at radius 2 is 2.00 bits per heavy atom. The van der Waals surface area contributed by atoms with Gasteiger partial charge < -0.3 is 0 Å². The Bertz CT molecular complexity index is 604. The number of carbonyl (C=O) groups excluding carboxylic acids is 1. The van der Waals surface area contributed by atoms with Crippen LogP contribution >= 0.6 is 11.3 Å². The fraction of sp³-hybridized carbons (Fsp3) is 0.231. The second-order valence-corrected chi connectivity index (χ2v) is 5.08. The van der Waals surface area contributed by atoms with Gasteiger partial charge in [-0.05, 0) is 18.1 Å². The Balaban J connectivity index is 2.17. The molecule has 0 amide bonds. The highest BCUT2D eigenvalue weighted by Gasteiger charge is 2.35. The lowest BCUT2D eigenvalue weighted by Gasteiger charge is -2.03. The summed E-state index contributed by atoms with van der Waals surface area (Å²) in [5, 5.41) is -0.986. The lowest BCUT2D eigenvalue weighted by atomic mass is 10.0. The van der Waals surface area contributed by atoms with Crippen molar-refractivity contribution < 1.29 is 18.0 Å². The number of hydrogen-bond donors (Lipinski definition) is 0. The van der Waals surface area contributed by atoms with Gasteiger partial charge in [-0.2, -0.15) is 13.2 Å². The first-order valence-corrected chi connectivity index (χ1v) is 6.30. The molecule has 0 aliphatic carbocycles. The van der Waals surface area contributed by atoms with E-state index >= 15 is 0 Å². The number of benzene rings is 1. The highest BCUT2D eigenvalue weighted by atomic mass is 32.1. The van der Waals surface area contributed by atoms with Crippen molar-refractivity contribution in [2.45, 2.75) is 19.5 Å². The lowest BCUT2D eigenvalue weighted by Crippen LogP contribution is -2.03. The Morgan fingerprint density at radius 1 is 1.32 bits per heavy atom. The number of thiazole rings is 1. The molecule has 0 spiro atoms. The van der Waals surface area contributed by atoms with Crippen LogP contribution in [0.5, 0.6) is 0 Å². The number of nitrogens with zero attached hydrogens (tertiary/aromatic N) is 1. The molecule has 0 aliphatic heterocycles. The number of ketones is 1. The number of aromatic nitrogens is 1. The Hall–Kier alpha value is -1.69. The third-order valence-corrected chi connectivity index (χ3v) is 3.72. The summed E-state index contributed by atoms with van der Waals surface area (Å²) in [4.78, 5) is 15.2. The van der Waals surface area contributed by atoms with E-state index in [1.54, 1.807) is 12.1 Å². The van der Waals surface area contributed by atoms with Crippen LogP contribution in [-0.4, -0.2) is 10.8 Å². The first kappa shape index (κ1) is 13.7. The van der Waals surface area contributed by atoms with Crippen molar-refractivity contribution in [3.05, 3.63) is 51.5 Å². The minimum Gasteiger partial charge on any atom is -0.293 e. The van der Waals surface area contributed by atoms with Crippen molar-refractivity contribution in [1.29, 1.82) is 0 Å². The summed E-state index contributed by atoms with van der Waals surface area (Å²) < 4.78 is 37.2. The highest BCUT2D eigenvalue weighted by Crippen LogP contribution is 2.32. The summed E-state index contributed by atoms with van der Waals surface area (Å²) in [7, 11) is 0. The molecule has 2 nitrogen and oxygen atoms in total. The molecule has 0 aliphatic rings. The van der Waals surface area contributed by atoms with E-state index in [4.69, 9.17) is 0 Å². The van der Waals surface area contributed by atoms with Crippen molar-refractivity contribution in [2.75, 3.05) is 0 Å². The van der Waals surface area contributed by atoms with Gasteiger partial charge in [0.25, 0.3) is 0 Å². The highest BCUT2D eigenvalue weighted by molar-refractivity contribution is 7.13. The largest absolute Gasteiger partial charge is 0.443 e. The van der Waals surface area contributed by atoms with E-state index in [0.29, 0.717) is 11.3 Å². The van der Waals surface area contributed by atoms with E-state index in [0.717, 1.165) is 17.3 Å². The van der Waals surface area contributed by atoms with Crippen LogP contribution in [0.1, 0.15) is 25.8 Å². The van der Waals surface area contributed by atoms with E-state index in [1.807, 2.05) is 19.1 Å². The minimum absolute atomic E-state index is 0.0376. The van der Waals surface area contributed by atoms with E-state index in [1.165, 1.54) is 0 Å². The zero-order valence-electron chi connectivity index (χ0n) is 9.99. The summed E-state index contributed by atoms with van der Waals surface area (Å²) in [6.45, 7) is 1.86. The molecule has 0 N–H and O–H groups in total. The van der Waals surface area contributed by atoms with Crippen LogP contribution in [0.2, 0.25) is 0 Å². The van der Waals surface area contributed by atoms with Crippen molar-refractivity contribution in [2.24, 2.45) is 0 Å². The average molecular weight is 285 g/mol. The van der Waals surface area contributed by atoms with Gasteiger partial charge in [-0.1, -0.05) is 24.3 Å². The van der Waals surface area contributed by atoms with E-state index in [9.17, 15) is 18.0 Å². The summed E-state index contributed by atoms with van der Waals surface area (Å²) in [5.74, 6) is -0.345. The quantitative estimate of drug-likeness (QED) is 0.801. The zero-order chi connectivity index (χ0) is 14.0. The predicted molar refractivity (Wildman–Crippen MR) is 66.3 cm³/mol. The number of alkyl halides is 3. The van der Waals surface area contributed by atoms with Crippen molar-refractivity contribution in [3.63, 3.8) is 0 Å². The standard InChI is InChI=1S/C13H10F3NOS/c1-8-4-2-3-5-9(8)6-10(18)11-7-17-12(19-11)13(14,15)16/h2-5,7H,6H2,1H3. The maximum Gasteiger partial charge on any atom is 0.443 e. The molecular formula is C13H10F3NOS. The molecule has 1 aromatic carbocycles. The monoisotopic (exact) mass is 285 g/mol. The first-order chi connectivity index (χ1) is 8.88. The Labute approximate surface area is 111 Å². The molecule has 2 aromatic rings. The molecule has 100 valence electrons. The molecule has 2 rings (SSSR count). The Kier molecular flexibility index (Phi) is 3.71. The molecule has 0 fully saturated rings. The molecule has 0 bridgehead atoms. The fourth-order valence-corrected chi connectivity index (χ4v) is 2.32. The van der Waals surface area contributed by atoms with Crippen LogP contribution in [0.3, 0.4) is 0 Å². The summed E-state index contributed by atoms with van der Waals surface area (Å²) in [6, 6.07) is 7.29. The van der Waals surface area contributed by atoms with Gasteiger partial charge in [-0.15, -0.1) is 11.3 Å². The van der Waals surface area contributed by atoms with Crippen LogP contribution in [-0.2, 0) is 12.6 Å². The van der Waals surface area contributed by atoms with Gasteiger partial charge in [0.05, 0.1) is 4.88 Å². The Morgan fingerprint density at radius 3 is 2.58 bits per heavy atom. The zero-order valence-corrected chi connectivity index (χ0v) is 10.8. The molecule has 0 atom stereocenters. The van der Waals surface area contributed by atoms with Gasteiger partial charge in [0.2, 0.25) is 0 Å². The normalized spacial score (nSPS) is 11.6. The molecular weight excluding hydrogens is 275 g/mol. The number of aryl methyl sites for hydroxylation is 1. The molecule has 0 saturated heterocycles. The van der Waals surface area contributed by atoms with Gasteiger partial charge in [-0.3, -0.25) is 4.79 Å². The third kappa shape index (κ3) is 3.20. The lowest BCUT2D eigenvalue weighted by molar-refractivity contribution is -0.137. The van der Waals surface area contributed by atoms with E-state index < -0.39 is 11.2 Å². The first-order valence-electron chi connectivity index (χ1n) is 5.48. The second kappa shape index (κ2) is 5.13. The number of hydrogen-bond acceptors (Lipinski definition) is 3. The summed E-state index contributed by atoms with van der Waals surface area (Å²) in [6.07, 6.45) is -3.41. The van der Waals surface area contributed by atoms with Gasteiger partial charge in [0.1, 0.15) is 0 Å². The van der Waals surface area contributed by atoms with Crippen LogP contribution in [0.15, 0.2) is 30.5 Å². The van der Waals surface area contributed by atoms with E-state index in [2.05, 4.69) is 4.98 Å². The maximum atomic E-state index is 12.4. The number of rotatable bonds is 3. The van der Waals surface area contributed by atoms with Gasteiger partial charge in [-0.25, -0.2) is 4.98 Å². The van der Waals surface area contributed by atoms with Gasteiger partial charge in [0.15, 0.2) is 10.8 Å².